The molecule has 1 aliphatic carbocycles. The minimum Gasteiger partial charge on any atom is -0.313 e. The van der Waals surface area contributed by atoms with Gasteiger partial charge in [0.25, 0.3) is 0 Å². The fourth-order valence-electron chi connectivity index (χ4n) is 1.95. The maximum atomic E-state index is 3.68. The lowest BCUT2D eigenvalue weighted by Crippen LogP contribution is -2.52. The smallest absolute Gasteiger partial charge is 0.0179 e. The molecule has 1 saturated carbocycles. The third-order valence-electron chi connectivity index (χ3n) is 3.17. The first-order chi connectivity index (χ1) is 6.18. The van der Waals surface area contributed by atoms with E-state index < -0.39 is 0 Å². The average Bonchev–Trinajstić information content (AvgIpc) is 2.01. The molecule has 2 heteroatoms. The molecule has 0 aliphatic heterocycles. The van der Waals surface area contributed by atoms with Gasteiger partial charge in [0.15, 0.2) is 0 Å². The molecule has 0 bridgehead atoms. The van der Waals surface area contributed by atoms with Crippen LogP contribution in [0, 0.1) is 0 Å². The first-order valence-corrected chi connectivity index (χ1v) is 5.67. The van der Waals surface area contributed by atoms with Gasteiger partial charge in [0.2, 0.25) is 0 Å². The molecule has 0 saturated heterocycles. The van der Waals surface area contributed by atoms with Gasteiger partial charge in [-0.25, -0.2) is 0 Å². The van der Waals surface area contributed by atoms with Gasteiger partial charge >= 0.3 is 0 Å². The van der Waals surface area contributed by atoms with Gasteiger partial charge in [-0.2, -0.15) is 0 Å². The highest BCUT2D eigenvalue weighted by atomic mass is 15.0. The average molecular weight is 184 g/mol. The summed E-state index contributed by atoms with van der Waals surface area (Å²) in [6.07, 6.45) is 5.46. The van der Waals surface area contributed by atoms with E-state index in [1.807, 2.05) is 0 Å². The van der Waals surface area contributed by atoms with E-state index in [0.717, 1.165) is 13.1 Å². The highest BCUT2D eigenvalue weighted by molar-refractivity contribution is 4.94. The maximum absolute atomic E-state index is 3.68. The fourth-order valence-corrected chi connectivity index (χ4v) is 1.95. The quantitative estimate of drug-likeness (QED) is 0.616. The van der Waals surface area contributed by atoms with Crippen molar-refractivity contribution in [3.63, 3.8) is 0 Å². The Labute approximate surface area is 82.5 Å². The van der Waals surface area contributed by atoms with E-state index in [1.165, 1.54) is 25.7 Å². The highest BCUT2D eigenvalue weighted by Crippen LogP contribution is 2.34. The molecule has 0 atom stereocenters. The van der Waals surface area contributed by atoms with Gasteiger partial charge in [0.05, 0.1) is 0 Å². The Morgan fingerprint density at radius 2 is 1.92 bits per heavy atom. The predicted octanol–water partition coefficient (Wildman–Crippen LogP) is 1.91. The highest BCUT2D eigenvalue weighted by Gasteiger charge is 2.33. The topological polar surface area (TPSA) is 24.1 Å². The third-order valence-corrected chi connectivity index (χ3v) is 3.17. The van der Waals surface area contributed by atoms with E-state index in [2.05, 4.69) is 31.4 Å². The van der Waals surface area contributed by atoms with Crippen LogP contribution in [0.5, 0.6) is 0 Å². The Kier molecular flexibility index (Phi) is 4.20. The lowest BCUT2D eigenvalue weighted by molar-refractivity contribution is 0.178. The molecule has 0 amide bonds. The first kappa shape index (κ1) is 11.0. The molecular formula is C11H24N2. The fraction of sp³-hybridized carbons (Fsp3) is 1.00. The first-order valence-electron chi connectivity index (χ1n) is 5.67. The van der Waals surface area contributed by atoms with Crippen molar-refractivity contribution in [1.82, 2.24) is 10.6 Å². The van der Waals surface area contributed by atoms with Crippen LogP contribution in [0.15, 0.2) is 0 Å². The van der Waals surface area contributed by atoms with Crippen LogP contribution in [-0.2, 0) is 0 Å². The molecular weight excluding hydrogens is 160 g/mol. The second-order valence-electron chi connectivity index (χ2n) is 4.52. The summed E-state index contributed by atoms with van der Waals surface area (Å²) in [7, 11) is 0. The second-order valence-corrected chi connectivity index (χ2v) is 4.52. The third kappa shape index (κ3) is 3.28. The SMILES string of the molecule is CCC1(NCCNC(C)C)CCC1. The minimum absolute atomic E-state index is 0.513. The van der Waals surface area contributed by atoms with Gasteiger partial charge in [-0.15, -0.1) is 0 Å². The maximum Gasteiger partial charge on any atom is 0.0179 e. The molecule has 2 N–H and O–H groups in total. The Morgan fingerprint density at radius 3 is 2.31 bits per heavy atom. The Balaban J connectivity index is 2.04. The van der Waals surface area contributed by atoms with E-state index >= 15 is 0 Å². The molecule has 0 heterocycles. The van der Waals surface area contributed by atoms with Crippen molar-refractivity contribution in [1.29, 1.82) is 0 Å². The minimum atomic E-state index is 0.513. The lowest BCUT2D eigenvalue weighted by atomic mass is 9.75. The van der Waals surface area contributed by atoms with Crippen molar-refractivity contribution in [2.24, 2.45) is 0 Å². The van der Waals surface area contributed by atoms with Crippen LogP contribution in [0.2, 0.25) is 0 Å². The van der Waals surface area contributed by atoms with Crippen LogP contribution in [0.1, 0.15) is 46.5 Å². The van der Waals surface area contributed by atoms with Crippen LogP contribution < -0.4 is 10.6 Å². The van der Waals surface area contributed by atoms with Crippen molar-refractivity contribution < 1.29 is 0 Å². The molecule has 1 rings (SSSR count). The molecule has 78 valence electrons. The van der Waals surface area contributed by atoms with E-state index in [9.17, 15) is 0 Å². The van der Waals surface area contributed by atoms with Gasteiger partial charge in [-0.05, 0) is 25.7 Å². The summed E-state index contributed by atoms with van der Waals surface area (Å²) in [5.74, 6) is 0. The number of rotatable bonds is 6. The largest absolute Gasteiger partial charge is 0.313 e. The van der Waals surface area contributed by atoms with Crippen LogP contribution in [0.4, 0.5) is 0 Å². The molecule has 2 nitrogen and oxygen atoms in total. The van der Waals surface area contributed by atoms with Gasteiger partial charge in [-0.1, -0.05) is 20.8 Å². The molecule has 1 fully saturated rings. The lowest BCUT2D eigenvalue weighted by Gasteiger charge is -2.42. The standard InChI is InChI=1S/C11H24N2/c1-4-11(6-5-7-11)13-9-8-12-10(2)3/h10,12-13H,4-9H2,1-3H3. The van der Waals surface area contributed by atoms with Gasteiger partial charge in [0, 0.05) is 24.7 Å². The van der Waals surface area contributed by atoms with E-state index in [-0.39, 0.29) is 0 Å². The molecule has 0 aromatic rings. The van der Waals surface area contributed by atoms with Gasteiger partial charge in [0.1, 0.15) is 0 Å². The monoisotopic (exact) mass is 184 g/mol. The Morgan fingerprint density at radius 1 is 1.23 bits per heavy atom. The van der Waals surface area contributed by atoms with E-state index in [4.69, 9.17) is 0 Å². The zero-order chi connectivity index (χ0) is 9.73. The second kappa shape index (κ2) is 4.97. The van der Waals surface area contributed by atoms with Crippen LogP contribution >= 0.6 is 0 Å². The molecule has 0 aromatic carbocycles. The van der Waals surface area contributed by atoms with Crippen molar-refractivity contribution in [2.45, 2.75) is 58.0 Å². The summed E-state index contributed by atoms with van der Waals surface area (Å²) >= 11 is 0. The molecule has 13 heavy (non-hydrogen) atoms. The molecule has 1 aliphatic rings. The normalized spacial score (nSPS) is 20.3. The van der Waals surface area contributed by atoms with Crippen LogP contribution in [0.3, 0.4) is 0 Å². The van der Waals surface area contributed by atoms with Gasteiger partial charge in [-0.3, -0.25) is 0 Å². The number of nitrogens with one attached hydrogen (secondary N) is 2. The van der Waals surface area contributed by atoms with Crippen LogP contribution in [-0.4, -0.2) is 24.7 Å². The molecule has 0 spiro atoms. The van der Waals surface area contributed by atoms with Crippen LogP contribution in [0.25, 0.3) is 0 Å². The summed E-state index contributed by atoms with van der Waals surface area (Å²) in [6, 6.07) is 0.612. The molecule has 0 aromatic heterocycles. The molecule has 0 radical (unpaired) electrons. The van der Waals surface area contributed by atoms with Gasteiger partial charge < -0.3 is 10.6 Å². The van der Waals surface area contributed by atoms with Crippen molar-refractivity contribution in [3.05, 3.63) is 0 Å². The summed E-state index contributed by atoms with van der Waals surface area (Å²) in [5, 5.41) is 7.10. The summed E-state index contributed by atoms with van der Waals surface area (Å²) in [5.41, 5.74) is 0.513. The zero-order valence-electron chi connectivity index (χ0n) is 9.32. The summed E-state index contributed by atoms with van der Waals surface area (Å²) < 4.78 is 0. The van der Waals surface area contributed by atoms with Crippen molar-refractivity contribution in [2.75, 3.05) is 13.1 Å². The van der Waals surface area contributed by atoms with E-state index in [0.29, 0.717) is 11.6 Å². The number of hydrogen-bond donors (Lipinski definition) is 2. The van der Waals surface area contributed by atoms with Crippen molar-refractivity contribution in [3.8, 4) is 0 Å². The summed E-state index contributed by atoms with van der Waals surface area (Å²) in [4.78, 5) is 0. The Hall–Kier alpha value is -0.0800. The molecule has 0 unspecified atom stereocenters. The van der Waals surface area contributed by atoms with E-state index in [1.54, 1.807) is 0 Å². The number of hydrogen-bond acceptors (Lipinski definition) is 2. The zero-order valence-corrected chi connectivity index (χ0v) is 9.32. The Bertz CT molecular complexity index is 134. The predicted molar refractivity (Wildman–Crippen MR) is 58.0 cm³/mol. The van der Waals surface area contributed by atoms with Crippen molar-refractivity contribution >= 4 is 0 Å². The summed E-state index contributed by atoms with van der Waals surface area (Å²) in [6.45, 7) is 8.89.